The zero-order valence-electron chi connectivity index (χ0n) is 18.5. The molecule has 0 aromatic rings. The van der Waals surface area contributed by atoms with E-state index >= 15 is 0 Å². The summed E-state index contributed by atoms with van der Waals surface area (Å²) in [4.78, 5) is 24.5. The lowest BCUT2D eigenvalue weighted by molar-refractivity contribution is -0.190. The number of hydrogen-bond donors (Lipinski definition) is 4. The Labute approximate surface area is 162 Å². The molecule has 6 nitrogen and oxygen atoms in total. The minimum absolute atomic E-state index is 0.0900. The van der Waals surface area contributed by atoms with Gasteiger partial charge in [-0.2, -0.15) is 0 Å². The van der Waals surface area contributed by atoms with Crippen LogP contribution in [-0.2, 0) is 9.59 Å². The van der Waals surface area contributed by atoms with E-state index in [1.807, 2.05) is 0 Å². The molecule has 0 heterocycles. The molecule has 3 saturated carbocycles. The molecule has 0 aromatic carbocycles. The van der Waals surface area contributed by atoms with Crippen LogP contribution in [0.5, 0.6) is 0 Å². The van der Waals surface area contributed by atoms with Crippen LogP contribution in [-0.4, -0.2) is 56.4 Å². The number of carbonyl (C=O) groups excluding carboxylic acids is 2. The molecule has 4 N–H and O–H groups in total. The minimum atomic E-state index is -2.82. The Morgan fingerprint density at radius 1 is 1.41 bits per heavy atom. The summed E-state index contributed by atoms with van der Waals surface area (Å²) in [6.45, 7) is 1.98. The van der Waals surface area contributed by atoms with Crippen molar-refractivity contribution in [3.63, 3.8) is 0 Å². The molecule has 0 saturated heterocycles. The third-order valence-corrected chi connectivity index (χ3v) is 7.68. The highest BCUT2D eigenvalue weighted by molar-refractivity contribution is 6.01. The second-order valence-corrected chi connectivity index (χ2v) is 8.79. The number of fused-ring (bicyclic) bond motifs is 5. The van der Waals surface area contributed by atoms with Gasteiger partial charge < -0.3 is 20.4 Å². The van der Waals surface area contributed by atoms with Gasteiger partial charge in [0.05, 0.1) is 13.6 Å². The average molecular weight is 379 g/mol. The summed E-state index contributed by atoms with van der Waals surface area (Å²) in [6, 6.07) is 0. The lowest BCUT2D eigenvalue weighted by Crippen LogP contribution is -2.63. The monoisotopic (exact) mass is 379 g/mol. The van der Waals surface area contributed by atoms with Crippen LogP contribution in [0, 0.1) is 28.6 Å². The van der Waals surface area contributed by atoms with Crippen LogP contribution in [0.15, 0.2) is 23.8 Å². The maximum absolute atomic E-state index is 12.6. The van der Waals surface area contributed by atoms with E-state index in [1.54, 1.807) is 13.0 Å². The topological polar surface area (TPSA) is 115 Å². The van der Waals surface area contributed by atoms with Crippen molar-refractivity contribution in [3.05, 3.63) is 23.8 Å². The van der Waals surface area contributed by atoms with Crippen LogP contribution in [0.2, 0.25) is 0 Å². The fourth-order valence-corrected chi connectivity index (χ4v) is 6.24. The van der Waals surface area contributed by atoms with Crippen molar-refractivity contribution < 1.29 is 34.1 Å². The number of carbonyl (C=O) groups is 2. The Kier molecular flexibility index (Phi) is 3.36. The Morgan fingerprint density at radius 2 is 2.11 bits per heavy atom. The molecule has 3 fully saturated rings. The summed E-state index contributed by atoms with van der Waals surface area (Å²) < 4.78 is 26.5. The predicted molar refractivity (Wildman–Crippen MR) is 96.4 cm³/mol. The number of aliphatic hydroxyl groups is 4. The molecule has 148 valence electrons. The maximum Gasteiger partial charge on any atom is 0.192 e. The molecule has 0 unspecified atom stereocenters. The third kappa shape index (κ3) is 2.21. The van der Waals surface area contributed by atoms with E-state index in [0.717, 1.165) is 5.57 Å². The highest BCUT2D eigenvalue weighted by Crippen LogP contribution is 2.67. The second-order valence-electron chi connectivity index (χ2n) is 8.79. The van der Waals surface area contributed by atoms with E-state index in [4.69, 9.17) is 4.11 Å². The van der Waals surface area contributed by atoms with Gasteiger partial charge in [0.25, 0.3) is 0 Å². The number of aliphatic hydroxyl groups excluding tert-OH is 2. The molecule has 0 radical (unpaired) electrons. The highest BCUT2D eigenvalue weighted by Gasteiger charge is 2.71. The number of allylic oxidation sites excluding steroid dienone is 4. The summed E-state index contributed by atoms with van der Waals surface area (Å²) in [6.07, 6.45) is -1.92. The average Bonchev–Trinajstić information content (AvgIpc) is 2.89. The largest absolute Gasteiger partial charge is 0.393 e. The van der Waals surface area contributed by atoms with Crippen LogP contribution >= 0.6 is 0 Å². The van der Waals surface area contributed by atoms with Crippen molar-refractivity contribution in [3.8, 4) is 0 Å². The van der Waals surface area contributed by atoms with Gasteiger partial charge in [0.15, 0.2) is 17.2 Å². The van der Waals surface area contributed by atoms with Gasteiger partial charge in [-0.3, -0.25) is 9.59 Å². The number of hydrogen-bond acceptors (Lipinski definition) is 6. The standard InChI is InChI=1S/C21H28O6/c1-19-6-5-12(23)7-11(19)3-4-13-14-8-16(25)21(27,17(26)10-22)20(14,2)9-15(24)18(13)19/h5-7,13-16,18,22,24-25,27H,3-4,8-10H2,1-2H3/t13-,14-,15-,16+,18+,19-,20-,21-/m0/s1/i9D2,15D. The van der Waals surface area contributed by atoms with Crippen molar-refractivity contribution in [2.75, 3.05) is 6.61 Å². The van der Waals surface area contributed by atoms with Gasteiger partial charge in [-0.1, -0.05) is 25.5 Å². The summed E-state index contributed by atoms with van der Waals surface area (Å²) >= 11 is 0. The van der Waals surface area contributed by atoms with Gasteiger partial charge in [0.1, 0.15) is 6.61 Å². The summed E-state index contributed by atoms with van der Waals surface area (Å²) in [5.41, 5.74) is -4.86. The van der Waals surface area contributed by atoms with Crippen LogP contribution in [0.3, 0.4) is 0 Å². The van der Waals surface area contributed by atoms with Crippen LogP contribution in [0.4, 0.5) is 0 Å². The molecule has 0 aromatic heterocycles. The van der Waals surface area contributed by atoms with Crippen molar-refractivity contribution in [2.45, 2.75) is 57.3 Å². The quantitative estimate of drug-likeness (QED) is 0.556. The zero-order chi connectivity index (χ0) is 22.5. The van der Waals surface area contributed by atoms with E-state index in [9.17, 15) is 30.0 Å². The molecule has 0 bridgehead atoms. The number of rotatable bonds is 2. The van der Waals surface area contributed by atoms with Gasteiger partial charge in [-0.25, -0.2) is 0 Å². The molecule has 0 aliphatic heterocycles. The Balaban J connectivity index is 1.95. The van der Waals surface area contributed by atoms with Crippen LogP contribution in [0.1, 0.15) is 43.6 Å². The molecule has 0 amide bonds. The molecule has 4 aliphatic carbocycles. The maximum atomic E-state index is 12.6. The van der Waals surface area contributed by atoms with Crippen molar-refractivity contribution in [2.24, 2.45) is 28.6 Å². The molecule has 4 aliphatic rings. The van der Waals surface area contributed by atoms with Gasteiger partial charge in [-0.15, -0.1) is 0 Å². The van der Waals surface area contributed by atoms with E-state index in [0.29, 0.717) is 12.8 Å². The Morgan fingerprint density at radius 3 is 2.78 bits per heavy atom. The zero-order valence-corrected chi connectivity index (χ0v) is 15.5. The minimum Gasteiger partial charge on any atom is -0.393 e. The van der Waals surface area contributed by atoms with Crippen molar-refractivity contribution in [1.29, 1.82) is 0 Å². The first-order valence-corrected chi connectivity index (χ1v) is 9.42. The van der Waals surface area contributed by atoms with Gasteiger partial charge in [0, 0.05) is 19.5 Å². The first-order valence-electron chi connectivity index (χ1n) is 10.9. The van der Waals surface area contributed by atoms with E-state index < -0.39 is 65.1 Å². The summed E-state index contributed by atoms with van der Waals surface area (Å²) in [5.74, 6) is -3.48. The van der Waals surface area contributed by atoms with Gasteiger partial charge >= 0.3 is 0 Å². The van der Waals surface area contributed by atoms with Gasteiger partial charge in [-0.05, 0) is 49.6 Å². The normalized spacial score (nSPS) is 57.5. The second kappa shape index (κ2) is 5.83. The Hall–Kier alpha value is -1.34. The molecule has 0 spiro atoms. The van der Waals surface area contributed by atoms with Crippen molar-refractivity contribution >= 4 is 11.6 Å². The molecule has 8 atom stereocenters. The van der Waals surface area contributed by atoms with Crippen molar-refractivity contribution in [1.82, 2.24) is 0 Å². The molecule has 6 heteroatoms. The van der Waals surface area contributed by atoms with E-state index in [2.05, 4.69) is 0 Å². The molecule has 27 heavy (non-hydrogen) atoms. The SMILES string of the molecule is [2H]C1([2H])[C@]([2H])(O)[C@H]2[C@@H](CCC3=CC(=O)C=C[C@@]32C)[C@@H]2C[C@@H](O)[C@](O)(C(=O)CO)[C@]21C. The predicted octanol–water partition coefficient (Wildman–Crippen LogP) is 0.528. The fourth-order valence-electron chi connectivity index (χ4n) is 6.24. The third-order valence-electron chi connectivity index (χ3n) is 7.68. The lowest BCUT2D eigenvalue weighted by atomic mass is 9.46. The van der Waals surface area contributed by atoms with Crippen LogP contribution < -0.4 is 0 Å². The van der Waals surface area contributed by atoms with E-state index in [1.165, 1.54) is 19.1 Å². The fraction of sp³-hybridized carbons (Fsp3) is 0.714. The molecule has 4 rings (SSSR count). The Bertz CT molecular complexity index is 882. The number of Topliss-reactive ketones (excluding diaryl/α,β-unsaturated/α-hetero) is 1. The van der Waals surface area contributed by atoms with Crippen LogP contribution in [0.25, 0.3) is 0 Å². The highest BCUT2D eigenvalue weighted by atomic mass is 16.4. The lowest BCUT2D eigenvalue weighted by Gasteiger charge is -2.59. The first kappa shape index (κ1) is 15.6. The van der Waals surface area contributed by atoms with Gasteiger partial charge in [0.2, 0.25) is 0 Å². The molecular weight excluding hydrogens is 348 g/mol. The van der Waals surface area contributed by atoms with E-state index in [-0.39, 0.29) is 12.2 Å². The molecular formula is C21H28O6. The first-order chi connectivity index (χ1) is 13.7. The smallest absolute Gasteiger partial charge is 0.192 e. The summed E-state index contributed by atoms with van der Waals surface area (Å²) in [5, 5.41) is 42.9. The summed E-state index contributed by atoms with van der Waals surface area (Å²) in [7, 11) is 0. The number of ketones is 2.